The number of anilines is 1. The van der Waals surface area contributed by atoms with Crippen LogP contribution in [0.25, 0.3) is 0 Å². The number of aryl methyl sites for hydroxylation is 1. The van der Waals surface area contributed by atoms with E-state index in [1.807, 2.05) is 20.0 Å². The summed E-state index contributed by atoms with van der Waals surface area (Å²) >= 11 is 0. The lowest BCUT2D eigenvalue weighted by Crippen LogP contribution is -2.45. The zero-order valence-corrected chi connectivity index (χ0v) is 11.5. The molecule has 0 saturated heterocycles. The second kappa shape index (κ2) is 4.59. The Bertz CT molecular complexity index is 464. The van der Waals surface area contributed by atoms with Crippen LogP contribution in [0.5, 0.6) is 0 Å². The lowest BCUT2D eigenvalue weighted by molar-refractivity contribution is 0.0904. The summed E-state index contributed by atoms with van der Waals surface area (Å²) < 4.78 is 0. The van der Waals surface area contributed by atoms with Gasteiger partial charge in [0.25, 0.3) is 5.91 Å². The summed E-state index contributed by atoms with van der Waals surface area (Å²) in [5, 5.41) is 6.16. The van der Waals surface area contributed by atoms with E-state index >= 15 is 0 Å². The minimum absolute atomic E-state index is 0.0521. The third-order valence-corrected chi connectivity index (χ3v) is 3.59. The van der Waals surface area contributed by atoms with Crippen molar-refractivity contribution >= 4 is 11.6 Å². The smallest absolute Gasteiger partial charge is 0.255 e. The number of hydrogen-bond acceptors (Lipinski definition) is 3. The van der Waals surface area contributed by atoms with Crippen LogP contribution in [0.2, 0.25) is 0 Å². The van der Waals surface area contributed by atoms with E-state index in [1.165, 1.54) is 12.8 Å². The SMILES string of the molecule is CNc1cc(C)ncc1C(=O)NC(C)(C)C1CC1. The molecule has 1 aliphatic carbocycles. The lowest BCUT2D eigenvalue weighted by atomic mass is 9.98. The second-order valence-electron chi connectivity index (χ2n) is 5.57. The number of carbonyl (C=O) groups excluding carboxylic acids is 1. The molecule has 18 heavy (non-hydrogen) atoms. The quantitative estimate of drug-likeness (QED) is 0.858. The molecular weight excluding hydrogens is 226 g/mol. The number of amides is 1. The topological polar surface area (TPSA) is 54.0 Å². The third kappa shape index (κ3) is 2.63. The molecule has 98 valence electrons. The number of rotatable bonds is 4. The molecular formula is C14H21N3O. The third-order valence-electron chi connectivity index (χ3n) is 3.59. The van der Waals surface area contributed by atoms with E-state index in [9.17, 15) is 4.79 Å². The summed E-state index contributed by atoms with van der Waals surface area (Å²) in [6.07, 6.45) is 4.05. The van der Waals surface area contributed by atoms with Crippen LogP contribution in [-0.4, -0.2) is 23.5 Å². The Balaban J connectivity index is 2.18. The summed E-state index contributed by atoms with van der Waals surface area (Å²) in [5.41, 5.74) is 2.20. The standard InChI is InChI=1S/C14H21N3O/c1-9-7-12(15-4)11(8-16-9)13(18)17-14(2,3)10-5-6-10/h7-8,10H,5-6H2,1-4H3,(H,15,16)(H,17,18). The lowest BCUT2D eigenvalue weighted by Gasteiger charge is -2.26. The molecule has 1 aliphatic rings. The number of carbonyl (C=O) groups is 1. The van der Waals surface area contributed by atoms with Gasteiger partial charge in [-0.2, -0.15) is 0 Å². The Morgan fingerprint density at radius 1 is 1.44 bits per heavy atom. The van der Waals surface area contributed by atoms with E-state index in [1.54, 1.807) is 6.20 Å². The highest BCUT2D eigenvalue weighted by Crippen LogP contribution is 2.39. The maximum absolute atomic E-state index is 12.3. The van der Waals surface area contributed by atoms with Gasteiger partial charge in [-0.15, -0.1) is 0 Å². The van der Waals surface area contributed by atoms with E-state index in [-0.39, 0.29) is 11.4 Å². The molecule has 2 rings (SSSR count). The van der Waals surface area contributed by atoms with Crippen molar-refractivity contribution < 1.29 is 4.79 Å². The summed E-state index contributed by atoms with van der Waals surface area (Å²) in [6.45, 7) is 6.09. The van der Waals surface area contributed by atoms with Crippen LogP contribution < -0.4 is 10.6 Å². The highest BCUT2D eigenvalue weighted by molar-refractivity contribution is 5.99. The highest BCUT2D eigenvalue weighted by Gasteiger charge is 2.39. The van der Waals surface area contributed by atoms with Crippen molar-refractivity contribution in [3.8, 4) is 0 Å². The maximum atomic E-state index is 12.3. The van der Waals surface area contributed by atoms with Gasteiger partial charge in [0.05, 0.1) is 11.3 Å². The molecule has 2 N–H and O–H groups in total. The predicted molar refractivity (Wildman–Crippen MR) is 72.8 cm³/mol. The van der Waals surface area contributed by atoms with Gasteiger partial charge in [0.2, 0.25) is 0 Å². The molecule has 1 fully saturated rings. The van der Waals surface area contributed by atoms with Gasteiger partial charge < -0.3 is 10.6 Å². The van der Waals surface area contributed by atoms with Gasteiger partial charge in [0, 0.05) is 24.5 Å². The van der Waals surface area contributed by atoms with Crippen molar-refractivity contribution in [1.29, 1.82) is 0 Å². The number of nitrogens with zero attached hydrogens (tertiary/aromatic N) is 1. The van der Waals surface area contributed by atoms with Crippen LogP contribution >= 0.6 is 0 Å². The first-order valence-electron chi connectivity index (χ1n) is 6.41. The molecule has 0 unspecified atom stereocenters. The first-order chi connectivity index (χ1) is 8.44. The molecule has 1 aromatic heterocycles. The Hall–Kier alpha value is -1.58. The van der Waals surface area contributed by atoms with Crippen LogP contribution in [0.3, 0.4) is 0 Å². The molecule has 0 radical (unpaired) electrons. The molecule has 4 heteroatoms. The van der Waals surface area contributed by atoms with Crippen LogP contribution in [0.4, 0.5) is 5.69 Å². The van der Waals surface area contributed by atoms with Crippen molar-refractivity contribution in [2.75, 3.05) is 12.4 Å². The average molecular weight is 247 g/mol. The minimum atomic E-state index is -0.132. The molecule has 1 heterocycles. The minimum Gasteiger partial charge on any atom is -0.387 e. The largest absolute Gasteiger partial charge is 0.387 e. The fourth-order valence-corrected chi connectivity index (χ4v) is 2.21. The monoisotopic (exact) mass is 247 g/mol. The predicted octanol–water partition coefficient (Wildman–Crippen LogP) is 2.35. The van der Waals surface area contributed by atoms with Crippen molar-refractivity contribution in [3.63, 3.8) is 0 Å². The number of nitrogens with one attached hydrogen (secondary N) is 2. The van der Waals surface area contributed by atoms with Crippen LogP contribution in [0.15, 0.2) is 12.3 Å². The van der Waals surface area contributed by atoms with Gasteiger partial charge in [-0.3, -0.25) is 9.78 Å². The van der Waals surface area contributed by atoms with Crippen molar-refractivity contribution in [2.45, 2.75) is 39.2 Å². The fraction of sp³-hybridized carbons (Fsp3) is 0.571. The van der Waals surface area contributed by atoms with Gasteiger partial charge >= 0.3 is 0 Å². The van der Waals surface area contributed by atoms with E-state index in [0.29, 0.717) is 11.5 Å². The number of hydrogen-bond donors (Lipinski definition) is 2. The molecule has 1 amide bonds. The van der Waals surface area contributed by atoms with Gasteiger partial charge in [-0.1, -0.05) is 0 Å². The number of pyridine rings is 1. The van der Waals surface area contributed by atoms with Crippen molar-refractivity contribution in [3.05, 3.63) is 23.5 Å². The van der Waals surface area contributed by atoms with Crippen molar-refractivity contribution in [2.24, 2.45) is 5.92 Å². The molecule has 0 aliphatic heterocycles. The van der Waals surface area contributed by atoms with Crippen molar-refractivity contribution in [1.82, 2.24) is 10.3 Å². The average Bonchev–Trinajstić information content (AvgIpc) is 3.11. The molecule has 0 bridgehead atoms. The first-order valence-corrected chi connectivity index (χ1v) is 6.41. The molecule has 4 nitrogen and oxygen atoms in total. The summed E-state index contributed by atoms with van der Waals surface area (Å²) in [4.78, 5) is 16.5. The first kappa shape index (κ1) is 12.9. The zero-order chi connectivity index (χ0) is 13.3. The normalized spacial score (nSPS) is 15.3. The molecule has 1 saturated carbocycles. The van der Waals surface area contributed by atoms with Gasteiger partial charge in [-0.25, -0.2) is 0 Å². The van der Waals surface area contributed by atoms with Gasteiger partial charge in [-0.05, 0) is 45.6 Å². The summed E-state index contributed by atoms with van der Waals surface area (Å²) in [6, 6.07) is 1.89. The summed E-state index contributed by atoms with van der Waals surface area (Å²) in [7, 11) is 1.82. The Morgan fingerprint density at radius 3 is 2.67 bits per heavy atom. The Morgan fingerprint density at radius 2 is 2.11 bits per heavy atom. The molecule has 1 aromatic rings. The van der Waals surface area contributed by atoms with Crippen LogP contribution in [0, 0.1) is 12.8 Å². The van der Waals surface area contributed by atoms with Gasteiger partial charge in [0.1, 0.15) is 0 Å². The van der Waals surface area contributed by atoms with Gasteiger partial charge in [0.15, 0.2) is 0 Å². The number of aromatic nitrogens is 1. The highest BCUT2D eigenvalue weighted by atomic mass is 16.1. The van der Waals surface area contributed by atoms with E-state index in [0.717, 1.165) is 11.4 Å². The van der Waals surface area contributed by atoms with E-state index in [4.69, 9.17) is 0 Å². The Labute approximate surface area is 108 Å². The fourth-order valence-electron chi connectivity index (χ4n) is 2.21. The van der Waals surface area contributed by atoms with E-state index < -0.39 is 0 Å². The maximum Gasteiger partial charge on any atom is 0.255 e. The summed E-state index contributed by atoms with van der Waals surface area (Å²) in [5.74, 6) is 0.557. The molecule has 0 spiro atoms. The molecule has 0 atom stereocenters. The van der Waals surface area contributed by atoms with E-state index in [2.05, 4.69) is 29.5 Å². The second-order valence-corrected chi connectivity index (χ2v) is 5.57. The Kier molecular flexibility index (Phi) is 3.28. The molecule has 0 aromatic carbocycles. The van der Waals surface area contributed by atoms with Crippen LogP contribution in [-0.2, 0) is 0 Å². The van der Waals surface area contributed by atoms with Crippen LogP contribution in [0.1, 0.15) is 42.7 Å². The zero-order valence-electron chi connectivity index (χ0n) is 11.5.